The van der Waals surface area contributed by atoms with Crippen LogP contribution in [-0.4, -0.2) is 0 Å². The first-order valence-corrected chi connectivity index (χ1v) is 10.1. The van der Waals surface area contributed by atoms with Crippen molar-refractivity contribution in [3.8, 4) is 0 Å². The van der Waals surface area contributed by atoms with Crippen LogP contribution in [0.15, 0.2) is 94.5 Å². The lowest BCUT2D eigenvalue weighted by Crippen LogP contribution is -2.01. The molecule has 0 spiro atoms. The molecule has 0 atom stereocenters. The van der Waals surface area contributed by atoms with Gasteiger partial charge < -0.3 is 0 Å². The smallest absolute Gasteiger partial charge is 0.195 e. The van der Waals surface area contributed by atoms with E-state index < -0.39 is 0 Å². The topological polar surface area (TPSA) is 34.1 Å². The van der Waals surface area contributed by atoms with E-state index in [1.54, 1.807) is 0 Å². The quantitative estimate of drug-likeness (QED) is 0.293. The van der Waals surface area contributed by atoms with Gasteiger partial charge in [0.05, 0.1) is 0 Å². The Balaban J connectivity index is 2.03. The molecule has 0 saturated carbocycles. The lowest BCUT2D eigenvalue weighted by atomic mass is 9.93. The maximum atomic E-state index is 13.6. The molecule has 0 aliphatic rings. The molecule has 30 heavy (non-hydrogen) atoms. The third-order valence-electron chi connectivity index (χ3n) is 6.53. The molecule has 7 aromatic carbocycles. The molecule has 138 valence electrons. The van der Waals surface area contributed by atoms with Crippen LogP contribution in [0.4, 0.5) is 0 Å². The second kappa shape index (κ2) is 5.31. The van der Waals surface area contributed by atoms with Crippen molar-refractivity contribution in [2.75, 3.05) is 0 Å². The van der Waals surface area contributed by atoms with Crippen LogP contribution < -0.4 is 10.9 Å². The molecule has 0 heterocycles. The molecule has 0 aliphatic carbocycles. The van der Waals surface area contributed by atoms with Crippen molar-refractivity contribution in [1.82, 2.24) is 0 Å². The summed E-state index contributed by atoms with van der Waals surface area (Å²) in [6.45, 7) is 0. The summed E-state index contributed by atoms with van der Waals surface area (Å²) in [6.07, 6.45) is 0. The van der Waals surface area contributed by atoms with E-state index in [-0.39, 0.29) is 10.9 Å². The Kier molecular flexibility index (Phi) is 2.80. The zero-order valence-corrected chi connectivity index (χ0v) is 15.9. The Morgan fingerprint density at radius 1 is 0.333 bits per heavy atom. The van der Waals surface area contributed by atoms with E-state index in [1.807, 2.05) is 60.7 Å². The molecule has 0 saturated heterocycles. The molecule has 2 heteroatoms. The summed E-state index contributed by atoms with van der Waals surface area (Å²) >= 11 is 0. The van der Waals surface area contributed by atoms with E-state index in [2.05, 4.69) is 24.3 Å². The highest BCUT2D eigenvalue weighted by Crippen LogP contribution is 2.43. The van der Waals surface area contributed by atoms with Gasteiger partial charge in [-0.25, -0.2) is 0 Å². The van der Waals surface area contributed by atoms with Gasteiger partial charge in [0.25, 0.3) is 0 Å². The van der Waals surface area contributed by atoms with Gasteiger partial charge in [-0.3, -0.25) is 9.59 Å². The summed E-state index contributed by atoms with van der Waals surface area (Å²) < 4.78 is 0. The van der Waals surface area contributed by atoms with Crippen molar-refractivity contribution < 1.29 is 0 Å². The normalized spacial score (nSPS) is 12.3. The van der Waals surface area contributed by atoms with Gasteiger partial charge in [0, 0.05) is 32.3 Å². The highest BCUT2D eigenvalue weighted by atomic mass is 16.1. The van der Waals surface area contributed by atoms with E-state index in [4.69, 9.17) is 0 Å². The van der Waals surface area contributed by atoms with Crippen molar-refractivity contribution >= 4 is 64.6 Å². The highest BCUT2D eigenvalue weighted by molar-refractivity contribution is 6.41. The van der Waals surface area contributed by atoms with Crippen LogP contribution in [0.5, 0.6) is 0 Å². The summed E-state index contributed by atoms with van der Waals surface area (Å²) in [5.74, 6) is 0. The van der Waals surface area contributed by atoms with Crippen LogP contribution in [-0.2, 0) is 0 Å². The first-order chi connectivity index (χ1) is 14.8. The van der Waals surface area contributed by atoms with Crippen molar-refractivity contribution in [2.45, 2.75) is 0 Å². The molecule has 0 aromatic heterocycles. The first kappa shape index (κ1) is 15.8. The summed E-state index contributed by atoms with van der Waals surface area (Å²) in [5.41, 5.74) is -0.0964. The second-order valence-corrected chi connectivity index (χ2v) is 7.96. The average molecular weight is 382 g/mol. The average Bonchev–Trinajstić information content (AvgIpc) is 3.26. The van der Waals surface area contributed by atoms with Gasteiger partial charge in [-0.1, -0.05) is 84.9 Å². The minimum atomic E-state index is -0.0483. The molecule has 0 radical (unpaired) electrons. The molecule has 7 rings (SSSR count). The zero-order valence-electron chi connectivity index (χ0n) is 15.9. The lowest BCUT2D eigenvalue weighted by molar-refractivity contribution is 1.80. The maximum absolute atomic E-state index is 13.6. The summed E-state index contributed by atoms with van der Waals surface area (Å²) in [7, 11) is 0. The molecule has 0 amide bonds. The lowest BCUT2D eigenvalue weighted by Gasteiger charge is -2.09. The predicted molar refractivity (Wildman–Crippen MR) is 126 cm³/mol. The minimum Gasteiger partial charge on any atom is -0.289 e. The Hall–Kier alpha value is -4.04. The fourth-order valence-corrected chi connectivity index (χ4v) is 5.33. The molecule has 0 fully saturated rings. The van der Waals surface area contributed by atoms with Crippen molar-refractivity contribution in [1.29, 1.82) is 0 Å². The monoisotopic (exact) mass is 382 g/mol. The summed E-state index contributed by atoms with van der Waals surface area (Å²) in [4.78, 5) is 27.1. The number of fused-ring (bicyclic) bond motifs is 12. The predicted octanol–water partition coefficient (Wildman–Crippen LogP) is 6.20. The van der Waals surface area contributed by atoms with Crippen LogP contribution >= 0.6 is 0 Å². The summed E-state index contributed by atoms with van der Waals surface area (Å²) in [5, 5.41) is 10.5. The standard InChI is InChI=1S/C28H14O2/c29-27-19-11-5-3-9-17(19)23-21-14-13-15-7-1-2-8-16(15)22(21)24-18-10-4-6-12-20(18)28(30)26(24)25(23)27/h1-14H. The Labute approximate surface area is 170 Å². The van der Waals surface area contributed by atoms with E-state index in [9.17, 15) is 9.59 Å². The van der Waals surface area contributed by atoms with Crippen LogP contribution in [0, 0.1) is 0 Å². The van der Waals surface area contributed by atoms with Crippen LogP contribution in [0.1, 0.15) is 0 Å². The van der Waals surface area contributed by atoms with Crippen LogP contribution in [0.3, 0.4) is 0 Å². The molecule has 2 nitrogen and oxygen atoms in total. The Morgan fingerprint density at radius 2 is 0.800 bits per heavy atom. The van der Waals surface area contributed by atoms with Crippen LogP contribution in [0.25, 0.3) is 64.6 Å². The van der Waals surface area contributed by atoms with Crippen molar-refractivity contribution in [2.24, 2.45) is 0 Å². The van der Waals surface area contributed by atoms with Crippen molar-refractivity contribution in [3.05, 3.63) is 105 Å². The highest BCUT2D eigenvalue weighted by Gasteiger charge is 2.23. The third kappa shape index (κ3) is 1.71. The maximum Gasteiger partial charge on any atom is 0.195 e. The van der Waals surface area contributed by atoms with Gasteiger partial charge in [0.15, 0.2) is 10.9 Å². The van der Waals surface area contributed by atoms with Gasteiger partial charge in [-0.05, 0) is 32.3 Å². The molecule has 0 unspecified atom stereocenters. The minimum absolute atomic E-state index is 0.0481. The van der Waals surface area contributed by atoms with Gasteiger partial charge in [0.1, 0.15) is 0 Å². The third-order valence-corrected chi connectivity index (χ3v) is 6.53. The molecule has 0 bridgehead atoms. The second-order valence-electron chi connectivity index (χ2n) is 7.96. The number of hydrogen-bond acceptors (Lipinski definition) is 2. The molecule has 0 N–H and O–H groups in total. The van der Waals surface area contributed by atoms with E-state index in [1.165, 1.54) is 0 Å². The number of rotatable bonds is 0. The van der Waals surface area contributed by atoms with E-state index >= 15 is 0 Å². The van der Waals surface area contributed by atoms with Crippen molar-refractivity contribution in [3.63, 3.8) is 0 Å². The SMILES string of the molecule is O=c1c2ccccc2c2c3ccc4ccccc4c3c3c4ccccc4c(=O)c3c12. The molecule has 7 aromatic rings. The fourth-order valence-electron chi connectivity index (χ4n) is 5.33. The van der Waals surface area contributed by atoms with Gasteiger partial charge in [-0.15, -0.1) is 0 Å². The van der Waals surface area contributed by atoms with E-state index in [0.717, 1.165) is 43.1 Å². The summed E-state index contributed by atoms with van der Waals surface area (Å²) in [6, 6.07) is 27.9. The first-order valence-electron chi connectivity index (χ1n) is 10.1. The van der Waals surface area contributed by atoms with Crippen LogP contribution in [0.2, 0.25) is 0 Å². The number of hydrogen-bond donors (Lipinski definition) is 0. The molecular formula is C28H14O2. The van der Waals surface area contributed by atoms with E-state index in [0.29, 0.717) is 21.5 Å². The molecule has 0 aliphatic heterocycles. The van der Waals surface area contributed by atoms with Gasteiger partial charge in [0.2, 0.25) is 0 Å². The molecular weight excluding hydrogens is 368 g/mol. The largest absolute Gasteiger partial charge is 0.289 e. The Bertz CT molecular complexity index is 1930. The van der Waals surface area contributed by atoms with Gasteiger partial charge in [-0.2, -0.15) is 0 Å². The zero-order chi connectivity index (χ0) is 20.0. The Morgan fingerprint density at radius 3 is 1.47 bits per heavy atom. The fraction of sp³-hybridized carbons (Fsp3) is 0. The number of benzene rings is 5. The van der Waals surface area contributed by atoms with Gasteiger partial charge >= 0.3 is 0 Å².